The molecule has 0 aliphatic carbocycles. The average molecular weight is 270 g/mol. The lowest BCUT2D eigenvalue weighted by Gasteiger charge is -2.06. The molecule has 0 unspecified atom stereocenters. The summed E-state index contributed by atoms with van der Waals surface area (Å²) >= 11 is 0. The molecule has 0 spiro atoms. The summed E-state index contributed by atoms with van der Waals surface area (Å²) in [5, 5.41) is 5.43. The van der Waals surface area contributed by atoms with Gasteiger partial charge in [0.15, 0.2) is 5.82 Å². The minimum Gasteiger partial charge on any atom is -0.338 e. The number of benzene rings is 1. The molecule has 2 N–H and O–H groups in total. The molecule has 2 amide bonds. The second kappa shape index (κ2) is 7.89. The molecular weight excluding hydrogens is 252 g/mol. The number of anilines is 1. The molecule has 2 aromatic rings. The Bertz CT molecular complexity index is 516. The third-order valence-corrected chi connectivity index (χ3v) is 2.83. The van der Waals surface area contributed by atoms with Crippen molar-refractivity contribution in [3.8, 4) is 0 Å². The smallest absolute Gasteiger partial charge is 0.320 e. The Morgan fingerprint density at radius 1 is 1.10 bits per heavy atom. The van der Waals surface area contributed by atoms with Gasteiger partial charge in [-0.25, -0.2) is 9.78 Å². The summed E-state index contributed by atoms with van der Waals surface area (Å²) in [5.74, 6) is 0.453. The fraction of sp³-hybridized carbons (Fsp3) is 0.267. The van der Waals surface area contributed by atoms with Crippen LogP contribution in [0.5, 0.6) is 0 Å². The molecule has 5 nitrogen and oxygen atoms in total. The predicted octanol–water partition coefficient (Wildman–Crippen LogP) is 2.62. The van der Waals surface area contributed by atoms with Gasteiger partial charge in [0.05, 0.1) is 6.20 Å². The molecule has 1 aromatic carbocycles. The van der Waals surface area contributed by atoms with Crippen LogP contribution in [0.2, 0.25) is 0 Å². The SMILES string of the molecule is O=C(NCCCCc1ccccc1)Nc1cnccn1. The Hall–Kier alpha value is -2.43. The summed E-state index contributed by atoms with van der Waals surface area (Å²) in [4.78, 5) is 19.4. The number of carbonyl (C=O) groups excluding carboxylic acids is 1. The van der Waals surface area contributed by atoms with Crippen molar-refractivity contribution in [3.63, 3.8) is 0 Å². The number of urea groups is 1. The molecule has 0 fully saturated rings. The van der Waals surface area contributed by atoms with E-state index in [0.717, 1.165) is 19.3 Å². The van der Waals surface area contributed by atoms with Gasteiger partial charge < -0.3 is 5.32 Å². The van der Waals surface area contributed by atoms with Crippen LogP contribution < -0.4 is 10.6 Å². The minimum absolute atomic E-state index is 0.245. The van der Waals surface area contributed by atoms with E-state index < -0.39 is 0 Å². The van der Waals surface area contributed by atoms with Crippen molar-refractivity contribution >= 4 is 11.8 Å². The maximum absolute atomic E-state index is 11.6. The molecule has 1 heterocycles. The maximum atomic E-state index is 11.6. The summed E-state index contributed by atoms with van der Waals surface area (Å²) < 4.78 is 0. The monoisotopic (exact) mass is 270 g/mol. The fourth-order valence-electron chi connectivity index (χ4n) is 1.82. The summed E-state index contributed by atoms with van der Waals surface area (Å²) in [7, 11) is 0. The molecule has 0 saturated carbocycles. The van der Waals surface area contributed by atoms with Gasteiger partial charge in [-0.1, -0.05) is 30.3 Å². The molecule has 104 valence electrons. The first kappa shape index (κ1) is 14.0. The lowest BCUT2D eigenvalue weighted by atomic mass is 10.1. The van der Waals surface area contributed by atoms with E-state index in [0.29, 0.717) is 12.4 Å². The number of amides is 2. The van der Waals surface area contributed by atoms with E-state index in [1.165, 1.54) is 18.0 Å². The lowest BCUT2D eigenvalue weighted by Crippen LogP contribution is -2.29. The number of rotatable bonds is 6. The number of nitrogens with one attached hydrogen (secondary N) is 2. The van der Waals surface area contributed by atoms with Crippen molar-refractivity contribution in [2.24, 2.45) is 0 Å². The van der Waals surface area contributed by atoms with E-state index in [-0.39, 0.29) is 6.03 Å². The number of hydrogen-bond donors (Lipinski definition) is 2. The van der Waals surface area contributed by atoms with Gasteiger partial charge in [-0.15, -0.1) is 0 Å². The second-order valence-corrected chi connectivity index (χ2v) is 4.41. The first-order valence-electron chi connectivity index (χ1n) is 6.69. The zero-order valence-corrected chi connectivity index (χ0v) is 11.2. The Balaban J connectivity index is 1.58. The number of unbranched alkanes of at least 4 members (excludes halogenated alkanes) is 1. The third kappa shape index (κ3) is 5.06. The number of aromatic nitrogens is 2. The van der Waals surface area contributed by atoms with Gasteiger partial charge in [-0.3, -0.25) is 10.3 Å². The van der Waals surface area contributed by atoms with Crippen molar-refractivity contribution in [2.75, 3.05) is 11.9 Å². The second-order valence-electron chi connectivity index (χ2n) is 4.41. The molecule has 5 heteroatoms. The molecule has 1 aromatic heterocycles. The van der Waals surface area contributed by atoms with Gasteiger partial charge in [0.1, 0.15) is 0 Å². The highest BCUT2D eigenvalue weighted by Crippen LogP contribution is 2.03. The van der Waals surface area contributed by atoms with Crippen LogP contribution in [0.3, 0.4) is 0 Å². The first-order chi connectivity index (χ1) is 9.84. The number of hydrogen-bond acceptors (Lipinski definition) is 3. The van der Waals surface area contributed by atoms with Crippen LogP contribution in [0, 0.1) is 0 Å². The largest absolute Gasteiger partial charge is 0.338 e. The maximum Gasteiger partial charge on any atom is 0.320 e. The Kier molecular flexibility index (Phi) is 5.52. The van der Waals surface area contributed by atoms with Crippen LogP contribution in [-0.4, -0.2) is 22.5 Å². The molecule has 0 bridgehead atoms. The summed E-state index contributed by atoms with van der Waals surface area (Å²) in [6.07, 6.45) is 7.64. The number of carbonyl (C=O) groups is 1. The summed E-state index contributed by atoms with van der Waals surface area (Å²) in [6, 6.07) is 10.1. The Morgan fingerprint density at radius 3 is 2.70 bits per heavy atom. The zero-order valence-electron chi connectivity index (χ0n) is 11.2. The third-order valence-electron chi connectivity index (χ3n) is 2.83. The molecule has 0 saturated heterocycles. The van der Waals surface area contributed by atoms with Crippen LogP contribution in [0.25, 0.3) is 0 Å². The van der Waals surface area contributed by atoms with Crippen molar-refractivity contribution < 1.29 is 4.79 Å². The standard InChI is InChI=1S/C15H18N4O/c20-15(19-14-12-16-10-11-17-14)18-9-5-4-8-13-6-2-1-3-7-13/h1-3,6-7,10-12H,4-5,8-9H2,(H2,17,18,19,20). The highest BCUT2D eigenvalue weighted by molar-refractivity contribution is 5.87. The van der Waals surface area contributed by atoms with Crippen LogP contribution >= 0.6 is 0 Å². The molecule has 20 heavy (non-hydrogen) atoms. The van der Waals surface area contributed by atoms with E-state index in [4.69, 9.17) is 0 Å². The topological polar surface area (TPSA) is 66.9 Å². The van der Waals surface area contributed by atoms with Gasteiger partial charge in [0, 0.05) is 18.9 Å². The lowest BCUT2D eigenvalue weighted by molar-refractivity contribution is 0.252. The summed E-state index contributed by atoms with van der Waals surface area (Å²) in [5.41, 5.74) is 1.33. The van der Waals surface area contributed by atoms with Gasteiger partial charge in [-0.05, 0) is 24.8 Å². The molecule has 0 aliphatic rings. The minimum atomic E-state index is -0.245. The van der Waals surface area contributed by atoms with Gasteiger partial charge in [-0.2, -0.15) is 0 Å². The molecule has 0 radical (unpaired) electrons. The Labute approximate surface area is 118 Å². The average Bonchev–Trinajstić information content (AvgIpc) is 2.49. The van der Waals surface area contributed by atoms with Crippen LogP contribution in [0.1, 0.15) is 18.4 Å². The normalized spacial score (nSPS) is 10.0. The van der Waals surface area contributed by atoms with Crippen LogP contribution in [0.4, 0.5) is 10.6 Å². The predicted molar refractivity (Wildman–Crippen MR) is 78.4 cm³/mol. The van der Waals surface area contributed by atoms with E-state index in [1.54, 1.807) is 6.20 Å². The molecular formula is C15H18N4O. The number of aryl methyl sites for hydroxylation is 1. The van der Waals surface area contributed by atoms with E-state index in [9.17, 15) is 4.79 Å². The quantitative estimate of drug-likeness (QED) is 0.793. The zero-order chi connectivity index (χ0) is 14.0. The van der Waals surface area contributed by atoms with Gasteiger partial charge in [0.25, 0.3) is 0 Å². The van der Waals surface area contributed by atoms with E-state index in [2.05, 4.69) is 32.7 Å². The van der Waals surface area contributed by atoms with Crippen molar-refractivity contribution in [1.82, 2.24) is 15.3 Å². The molecule has 0 atom stereocenters. The van der Waals surface area contributed by atoms with E-state index in [1.807, 2.05) is 18.2 Å². The summed E-state index contributed by atoms with van der Waals surface area (Å²) in [6.45, 7) is 0.652. The highest BCUT2D eigenvalue weighted by atomic mass is 16.2. The number of nitrogens with zero attached hydrogens (tertiary/aromatic N) is 2. The van der Waals surface area contributed by atoms with Crippen molar-refractivity contribution in [2.45, 2.75) is 19.3 Å². The fourth-order valence-corrected chi connectivity index (χ4v) is 1.82. The van der Waals surface area contributed by atoms with Crippen molar-refractivity contribution in [1.29, 1.82) is 0 Å². The molecule has 0 aliphatic heterocycles. The van der Waals surface area contributed by atoms with Crippen molar-refractivity contribution in [3.05, 3.63) is 54.5 Å². The first-order valence-corrected chi connectivity index (χ1v) is 6.69. The van der Waals surface area contributed by atoms with Crippen LogP contribution in [-0.2, 0) is 6.42 Å². The van der Waals surface area contributed by atoms with Crippen LogP contribution in [0.15, 0.2) is 48.9 Å². The van der Waals surface area contributed by atoms with Gasteiger partial charge >= 0.3 is 6.03 Å². The highest BCUT2D eigenvalue weighted by Gasteiger charge is 2.01. The van der Waals surface area contributed by atoms with Gasteiger partial charge in [0.2, 0.25) is 0 Å². The Morgan fingerprint density at radius 2 is 1.95 bits per heavy atom. The van der Waals surface area contributed by atoms with E-state index >= 15 is 0 Å². The molecule has 2 rings (SSSR count).